The van der Waals surface area contributed by atoms with Gasteiger partial charge in [0.15, 0.2) is 6.10 Å². The van der Waals surface area contributed by atoms with Crippen LogP contribution in [0.4, 0.5) is 0 Å². The van der Waals surface area contributed by atoms with Crippen LogP contribution in [0.1, 0.15) is 43.4 Å². The van der Waals surface area contributed by atoms with Gasteiger partial charge in [-0.1, -0.05) is 32.0 Å². The number of aromatic nitrogens is 1. The fraction of sp³-hybridized carbons (Fsp3) is 0.400. The molecule has 1 aromatic carbocycles. The molecule has 0 spiro atoms. The maximum atomic E-state index is 12.6. The number of hydrogen-bond donors (Lipinski definition) is 0. The largest absolute Gasteiger partial charge is 0.481 e. The van der Waals surface area contributed by atoms with Gasteiger partial charge in [0.1, 0.15) is 5.75 Å². The van der Waals surface area contributed by atoms with E-state index in [2.05, 4.69) is 31.0 Å². The maximum Gasteiger partial charge on any atom is 0.263 e. The molecule has 0 aliphatic heterocycles. The summed E-state index contributed by atoms with van der Waals surface area (Å²) >= 11 is 0. The molecule has 4 heteroatoms. The molecule has 24 heavy (non-hydrogen) atoms. The van der Waals surface area contributed by atoms with Crippen LogP contribution in [0.5, 0.6) is 5.75 Å². The van der Waals surface area contributed by atoms with E-state index in [9.17, 15) is 4.79 Å². The minimum atomic E-state index is -0.536. The Bertz CT molecular complexity index is 683. The smallest absolute Gasteiger partial charge is 0.263 e. The molecule has 0 saturated carbocycles. The van der Waals surface area contributed by atoms with E-state index < -0.39 is 6.10 Å². The second-order valence-corrected chi connectivity index (χ2v) is 6.51. The zero-order chi connectivity index (χ0) is 17.7. The van der Waals surface area contributed by atoms with E-state index >= 15 is 0 Å². The van der Waals surface area contributed by atoms with Gasteiger partial charge in [0, 0.05) is 26.0 Å². The first-order valence-corrected chi connectivity index (χ1v) is 8.29. The van der Waals surface area contributed by atoms with Gasteiger partial charge in [0.2, 0.25) is 0 Å². The van der Waals surface area contributed by atoms with Crippen LogP contribution >= 0.6 is 0 Å². The molecule has 128 valence electrons. The van der Waals surface area contributed by atoms with Crippen LogP contribution in [0, 0.1) is 6.92 Å². The summed E-state index contributed by atoms with van der Waals surface area (Å²) in [6.07, 6.45) is 2.96. The predicted octanol–water partition coefficient (Wildman–Crippen LogP) is 3.94. The standard InChI is InChI=1S/C20H26N2O2/c1-14(2)18-9-8-15(3)11-19(18)24-16(4)20(23)22(5)13-17-7-6-10-21-12-17/h6-12,14,16H,13H2,1-5H3. The second kappa shape index (κ2) is 7.95. The summed E-state index contributed by atoms with van der Waals surface area (Å²) < 4.78 is 6.00. The fourth-order valence-corrected chi connectivity index (χ4v) is 2.62. The number of likely N-dealkylation sites (N-methyl/N-ethyl adjacent to an activating group) is 1. The molecule has 0 saturated heterocycles. The minimum Gasteiger partial charge on any atom is -0.481 e. The van der Waals surface area contributed by atoms with Crippen molar-refractivity contribution in [3.8, 4) is 5.75 Å². The molecular weight excluding hydrogens is 300 g/mol. The van der Waals surface area contributed by atoms with Crippen molar-refractivity contribution in [2.75, 3.05) is 7.05 Å². The Balaban J connectivity index is 2.07. The van der Waals surface area contributed by atoms with Gasteiger partial charge in [-0.05, 0) is 48.6 Å². The maximum absolute atomic E-state index is 12.6. The lowest BCUT2D eigenvalue weighted by Crippen LogP contribution is -2.37. The highest BCUT2D eigenvalue weighted by molar-refractivity contribution is 5.80. The summed E-state index contributed by atoms with van der Waals surface area (Å²) in [7, 11) is 1.79. The molecule has 2 aromatic rings. The van der Waals surface area contributed by atoms with Gasteiger partial charge >= 0.3 is 0 Å². The van der Waals surface area contributed by atoms with Crippen molar-refractivity contribution in [1.29, 1.82) is 0 Å². The monoisotopic (exact) mass is 326 g/mol. The van der Waals surface area contributed by atoms with Gasteiger partial charge in [-0.15, -0.1) is 0 Å². The van der Waals surface area contributed by atoms with Crippen LogP contribution in [0.2, 0.25) is 0 Å². The van der Waals surface area contributed by atoms with Crippen molar-refractivity contribution >= 4 is 5.91 Å². The van der Waals surface area contributed by atoms with Crippen LogP contribution < -0.4 is 4.74 Å². The van der Waals surface area contributed by atoms with Crippen molar-refractivity contribution in [2.45, 2.75) is 46.3 Å². The number of aryl methyl sites for hydroxylation is 1. The summed E-state index contributed by atoms with van der Waals surface area (Å²) in [6, 6.07) is 9.98. The third-order valence-corrected chi connectivity index (χ3v) is 3.96. The Kier molecular flexibility index (Phi) is 5.96. The molecule has 0 aliphatic carbocycles. The zero-order valence-corrected chi connectivity index (χ0v) is 15.1. The predicted molar refractivity (Wildman–Crippen MR) is 96.1 cm³/mol. The number of benzene rings is 1. The van der Waals surface area contributed by atoms with Crippen LogP contribution in [0.25, 0.3) is 0 Å². The Morgan fingerprint density at radius 2 is 2.00 bits per heavy atom. The molecule has 1 heterocycles. The Labute approximate surface area is 144 Å². The van der Waals surface area contributed by atoms with Crippen molar-refractivity contribution in [3.63, 3.8) is 0 Å². The second-order valence-electron chi connectivity index (χ2n) is 6.51. The first kappa shape index (κ1) is 18.0. The minimum absolute atomic E-state index is 0.0462. The number of pyridine rings is 1. The molecule has 0 N–H and O–H groups in total. The van der Waals surface area contributed by atoms with E-state index in [1.54, 1.807) is 31.3 Å². The topological polar surface area (TPSA) is 42.4 Å². The zero-order valence-electron chi connectivity index (χ0n) is 15.1. The highest BCUT2D eigenvalue weighted by Crippen LogP contribution is 2.28. The van der Waals surface area contributed by atoms with Gasteiger partial charge < -0.3 is 9.64 Å². The van der Waals surface area contributed by atoms with E-state index in [1.807, 2.05) is 25.1 Å². The van der Waals surface area contributed by atoms with Crippen LogP contribution in [-0.4, -0.2) is 28.9 Å². The number of carbonyl (C=O) groups excluding carboxylic acids is 1. The third kappa shape index (κ3) is 4.57. The van der Waals surface area contributed by atoms with Crippen LogP contribution in [0.15, 0.2) is 42.7 Å². The lowest BCUT2D eigenvalue weighted by atomic mass is 10.0. The first-order chi connectivity index (χ1) is 11.4. The molecule has 1 aromatic heterocycles. The van der Waals surface area contributed by atoms with E-state index in [0.29, 0.717) is 12.5 Å². The Hall–Kier alpha value is -2.36. The lowest BCUT2D eigenvalue weighted by molar-refractivity contribution is -0.137. The van der Waals surface area contributed by atoms with Gasteiger partial charge in [-0.3, -0.25) is 9.78 Å². The number of nitrogens with zero attached hydrogens (tertiary/aromatic N) is 2. The normalized spacial score (nSPS) is 12.1. The quantitative estimate of drug-likeness (QED) is 0.807. The fourth-order valence-electron chi connectivity index (χ4n) is 2.62. The van der Waals surface area contributed by atoms with E-state index in [1.165, 1.54) is 0 Å². The number of ether oxygens (including phenoxy) is 1. The van der Waals surface area contributed by atoms with E-state index in [-0.39, 0.29) is 5.91 Å². The average molecular weight is 326 g/mol. The van der Waals surface area contributed by atoms with Crippen LogP contribution in [-0.2, 0) is 11.3 Å². The number of rotatable bonds is 6. The molecule has 1 amide bonds. The first-order valence-electron chi connectivity index (χ1n) is 8.29. The van der Waals surface area contributed by atoms with Crippen molar-refractivity contribution in [3.05, 3.63) is 59.4 Å². The van der Waals surface area contributed by atoms with Crippen LogP contribution in [0.3, 0.4) is 0 Å². The Morgan fingerprint density at radius 3 is 2.62 bits per heavy atom. The molecule has 0 aliphatic rings. The molecule has 2 rings (SSSR count). The van der Waals surface area contributed by atoms with E-state index in [4.69, 9.17) is 4.74 Å². The number of amides is 1. The lowest BCUT2D eigenvalue weighted by Gasteiger charge is -2.24. The van der Waals surface area contributed by atoms with Crippen molar-refractivity contribution < 1.29 is 9.53 Å². The molecule has 0 bridgehead atoms. The van der Waals surface area contributed by atoms with Gasteiger partial charge in [0.05, 0.1) is 0 Å². The molecule has 4 nitrogen and oxygen atoms in total. The molecule has 0 radical (unpaired) electrons. The summed E-state index contributed by atoms with van der Waals surface area (Å²) in [6.45, 7) is 8.59. The number of carbonyl (C=O) groups is 1. The number of hydrogen-bond acceptors (Lipinski definition) is 3. The summed E-state index contributed by atoms with van der Waals surface area (Å²) in [5, 5.41) is 0. The highest BCUT2D eigenvalue weighted by Gasteiger charge is 2.21. The van der Waals surface area contributed by atoms with Gasteiger partial charge in [0.25, 0.3) is 5.91 Å². The van der Waals surface area contributed by atoms with Gasteiger partial charge in [-0.25, -0.2) is 0 Å². The van der Waals surface area contributed by atoms with Gasteiger partial charge in [-0.2, -0.15) is 0 Å². The summed E-state index contributed by atoms with van der Waals surface area (Å²) in [5.41, 5.74) is 3.24. The Morgan fingerprint density at radius 1 is 1.25 bits per heavy atom. The van der Waals surface area contributed by atoms with E-state index in [0.717, 1.165) is 22.4 Å². The molecule has 1 unspecified atom stereocenters. The summed E-state index contributed by atoms with van der Waals surface area (Å²) in [4.78, 5) is 18.4. The molecule has 0 fully saturated rings. The SMILES string of the molecule is Cc1ccc(C(C)C)c(OC(C)C(=O)N(C)Cc2cccnc2)c1. The average Bonchev–Trinajstić information content (AvgIpc) is 2.54. The third-order valence-electron chi connectivity index (χ3n) is 3.96. The van der Waals surface area contributed by atoms with Crippen molar-refractivity contribution in [2.24, 2.45) is 0 Å². The molecular formula is C20H26N2O2. The molecule has 1 atom stereocenters. The summed E-state index contributed by atoms with van der Waals surface area (Å²) in [5.74, 6) is 1.09. The highest BCUT2D eigenvalue weighted by atomic mass is 16.5. The van der Waals surface area contributed by atoms with Crippen molar-refractivity contribution in [1.82, 2.24) is 9.88 Å².